The molecule has 1 fully saturated rings. The molecule has 0 saturated carbocycles. The summed E-state index contributed by atoms with van der Waals surface area (Å²) >= 11 is 5.92. The summed E-state index contributed by atoms with van der Waals surface area (Å²) < 4.78 is 0. The standard InChI is InChI=1S/C17H17ClN2O/c1-12(21)20-11-3-6-17(20)16-5-2-4-15(19-16)13-7-9-14(18)10-8-13/h2,4-5,7-10,17H,3,6,11H2,1H3. The molecule has 1 amide bonds. The van der Waals surface area contributed by atoms with Crippen LogP contribution in [0.1, 0.15) is 31.5 Å². The van der Waals surface area contributed by atoms with E-state index in [0.717, 1.165) is 36.3 Å². The van der Waals surface area contributed by atoms with Crippen LogP contribution in [-0.2, 0) is 4.79 Å². The average Bonchev–Trinajstić information content (AvgIpc) is 2.98. The van der Waals surface area contributed by atoms with E-state index in [4.69, 9.17) is 16.6 Å². The smallest absolute Gasteiger partial charge is 0.220 e. The van der Waals surface area contributed by atoms with Crippen molar-refractivity contribution in [2.24, 2.45) is 0 Å². The molecule has 0 radical (unpaired) electrons. The predicted octanol–water partition coefficient (Wildman–Crippen LogP) is 4.09. The minimum atomic E-state index is 0.106. The molecule has 108 valence electrons. The predicted molar refractivity (Wildman–Crippen MR) is 84.0 cm³/mol. The molecule has 0 bridgehead atoms. The molecule has 3 rings (SSSR count). The maximum Gasteiger partial charge on any atom is 0.220 e. The van der Waals surface area contributed by atoms with Gasteiger partial charge in [-0.1, -0.05) is 29.8 Å². The van der Waals surface area contributed by atoms with Gasteiger partial charge in [-0.25, -0.2) is 0 Å². The van der Waals surface area contributed by atoms with Crippen molar-refractivity contribution >= 4 is 17.5 Å². The van der Waals surface area contributed by atoms with Crippen molar-refractivity contribution in [1.29, 1.82) is 0 Å². The molecule has 2 aromatic rings. The summed E-state index contributed by atoms with van der Waals surface area (Å²) in [4.78, 5) is 18.4. The van der Waals surface area contributed by atoms with Crippen molar-refractivity contribution in [3.8, 4) is 11.3 Å². The van der Waals surface area contributed by atoms with Crippen LogP contribution in [0, 0.1) is 0 Å². The average molecular weight is 301 g/mol. The molecule has 2 heterocycles. The quantitative estimate of drug-likeness (QED) is 0.837. The number of benzene rings is 1. The fourth-order valence-corrected chi connectivity index (χ4v) is 3.00. The Labute approximate surface area is 129 Å². The molecule has 1 atom stereocenters. The number of amides is 1. The topological polar surface area (TPSA) is 33.2 Å². The van der Waals surface area contributed by atoms with Crippen LogP contribution in [0.2, 0.25) is 5.02 Å². The van der Waals surface area contributed by atoms with Crippen molar-refractivity contribution in [3.63, 3.8) is 0 Å². The van der Waals surface area contributed by atoms with E-state index in [1.165, 1.54) is 0 Å². The number of hydrogen-bond acceptors (Lipinski definition) is 2. The first-order valence-electron chi connectivity index (χ1n) is 7.15. The largest absolute Gasteiger partial charge is 0.334 e. The van der Waals surface area contributed by atoms with Crippen molar-refractivity contribution in [1.82, 2.24) is 9.88 Å². The minimum absolute atomic E-state index is 0.106. The molecule has 4 heteroatoms. The lowest BCUT2D eigenvalue weighted by Gasteiger charge is -2.23. The molecule has 0 aliphatic carbocycles. The Morgan fingerprint density at radius 2 is 2.00 bits per heavy atom. The molecule has 1 unspecified atom stereocenters. The van der Waals surface area contributed by atoms with Gasteiger partial charge in [0.05, 0.1) is 17.4 Å². The number of carbonyl (C=O) groups is 1. The van der Waals surface area contributed by atoms with Gasteiger partial charge in [0.1, 0.15) is 0 Å². The van der Waals surface area contributed by atoms with Gasteiger partial charge in [-0.05, 0) is 37.1 Å². The number of hydrogen-bond donors (Lipinski definition) is 0. The number of likely N-dealkylation sites (tertiary alicyclic amines) is 1. The van der Waals surface area contributed by atoms with Crippen LogP contribution < -0.4 is 0 Å². The summed E-state index contributed by atoms with van der Waals surface area (Å²) in [6.45, 7) is 2.45. The van der Waals surface area contributed by atoms with Crippen LogP contribution in [0.25, 0.3) is 11.3 Å². The maximum atomic E-state index is 11.7. The lowest BCUT2D eigenvalue weighted by Crippen LogP contribution is -2.28. The number of carbonyl (C=O) groups excluding carboxylic acids is 1. The Morgan fingerprint density at radius 3 is 2.71 bits per heavy atom. The third kappa shape index (κ3) is 2.93. The van der Waals surface area contributed by atoms with E-state index < -0.39 is 0 Å². The first-order chi connectivity index (χ1) is 10.1. The summed E-state index contributed by atoms with van der Waals surface area (Å²) in [6.07, 6.45) is 2.02. The highest BCUT2D eigenvalue weighted by atomic mass is 35.5. The van der Waals surface area contributed by atoms with Gasteiger partial charge >= 0.3 is 0 Å². The number of pyridine rings is 1. The molecule has 1 aromatic heterocycles. The van der Waals surface area contributed by atoms with Gasteiger partial charge in [0.2, 0.25) is 5.91 Å². The Hall–Kier alpha value is -1.87. The van der Waals surface area contributed by atoms with Crippen LogP contribution in [0.4, 0.5) is 0 Å². The van der Waals surface area contributed by atoms with Crippen LogP contribution in [0.15, 0.2) is 42.5 Å². The van der Waals surface area contributed by atoms with Crippen LogP contribution >= 0.6 is 11.6 Å². The van der Waals surface area contributed by atoms with E-state index in [9.17, 15) is 4.79 Å². The molecule has 0 N–H and O–H groups in total. The van der Waals surface area contributed by atoms with Gasteiger partial charge in [0.15, 0.2) is 0 Å². The van der Waals surface area contributed by atoms with Gasteiger partial charge in [0.25, 0.3) is 0 Å². The van der Waals surface area contributed by atoms with Crippen molar-refractivity contribution < 1.29 is 4.79 Å². The molecular weight excluding hydrogens is 284 g/mol. The second-order valence-corrected chi connectivity index (χ2v) is 5.76. The molecule has 1 aliphatic heterocycles. The van der Waals surface area contributed by atoms with Crippen molar-refractivity contribution in [2.75, 3.05) is 6.54 Å². The zero-order valence-electron chi connectivity index (χ0n) is 11.9. The molecule has 0 spiro atoms. The molecule has 1 saturated heterocycles. The zero-order chi connectivity index (χ0) is 14.8. The molecule has 1 aliphatic rings. The Balaban J connectivity index is 1.93. The molecular formula is C17H17ClN2O. The van der Waals surface area contributed by atoms with E-state index in [1.807, 2.05) is 47.4 Å². The van der Waals surface area contributed by atoms with Gasteiger partial charge in [-0.3, -0.25) is 9.78 Å². The Kier molecular flexibility index (Phi) is 3.93. The SMILES string of the molecule is CC(=O)N1CCCC1c1cccc(-c2ccc(Cl)cc2)n1. The summed E-state index contributed by atoms with van der Waals surface area (Å²) in [5.74, 6) is 0.121. The lowest BCUT2D eigenvalue weighted by molar-refractivity contribution is -0.129. The van der Waals surface area contributed by atoms with Gasteiger partial charge < -0.3 is 4.90 Å². The molecule has 1 aromatic carbocycles. The number of rotatable bonds is 2. The van der Waals surface area contributed by atoms with Gasteiger partial charge in [-0.2, -0.15) is 0 Å². The zero-order valence-corrected chi connectivity index (χ0v) is 12.7. The van der Waals surface area contributed by atoms with Crippen LogP contribution in [0.5, 0.6) is 0 Å². The lowest BCUT2D eigenvalue weighted by atomic mass is 10.1. The van der Waals surface area contributed by atoms with Crippen LogP contribution in [0.3, 0.4) is 0 Å². The summed E-state index contributed by atoms with van der Waals surface area (Å²) in [5.41, 5.74) is 2.92. The number of halogens is 1. The van der Waals surface area contributed by atoms with E-state index in [1.54, 1.807) is 6.92 Å². The van der Waals surface area contributed by atoms with Crippen LogP contribution in [-0.4, -0.2) is 22.3 Å². The number of aromatic nitrogens is 1. The van der Waals surface area contributed by atoms with E-state index >= 15 is 0 Å². The fourth-order valence-electron chi connectivity index (χ4n) is 2.87. The first-order valence-corrected chi connectivity index (χ1v) is 7.53. The van der Waals surface area contributed by atoms with Gasteiger partial charge in [-0.15, -0.1) is 0 Å². The highest BCUT2D eigenvalue weighted by Crippen LogP contribution is 2.32. The minimum Gasteiger partial charge on any atom is -0.334 e. The Bertz CT molecular complexity index is 654. The number of nitrogens with zero attached hydrogens (tertiary/aromatic N) is 2. The third-order valence-corrected chi connectivity index (χ3v) is 4.16. The van der Waals surface area contributed by atoms with E-state index in [0.29, 0.717) is 5.02 Å². The fraction of sp³-hybridized carbons (Fsp3) is 0.294. The Morgan fingerprint density at radius 1 is 1.24 bits per heavy atom. The highest BCUT2D eigenvalue weighted by Gasteiger charge is 2.28. The van der Waals surface area contributed by atoms with Crippen molar-refractivity contribution in [3.05, 3.63) is 53.2 Å². The molecule has 21 heavy (non-hydrogen) atoms. The molecule has 3 nitrogen and oxygen atoms in total. The summed E-state index contributed by atoms with van der Waals surface area (Å²) in [7, 11) is 0. The summed E-state index contributed by atoms with van der Waals surface area (Å²) in [5, 5.41) is 0.716. The second-order valence-electron chi connectivity index (χ2n) is 5.33. The third-order valence-electron chi connectivity index (χ3n) is 3.91. The maximum absolute atomic E-state index is 11.7. The first kappa shape index (κ1) is 14.1. The second kappa shape index (κ2) is 5.86. The monoisotopic (exact) mass is 300 g/mol. The normalized spacial score (nSPS) is 18.0. The summed E-state index contributed by atoms with van der Waals surface area (Å²) in [6, 6.07) is 13.8. The van der Waals surface area contributed by atoms with E-state index in [2.05, 4.69) is 0 Å². The van der Waals surface area contributed by atoms with Crippen molar-refractivity contribution in [2.45, 2.75) is 25.8 Å². The highest BCUT2D eigenvalue weighted by molar-refractivity contribution is 6.30. The van der Waals surface area contributed by atoms with E-state index in [-0.39, 0.29) is 11.9 Å². The van der Waals surface area contributed by atoms with Gasteiger partial charge in [0, 0.05) is 24.1 Å².